The van der Waals surface area contributed by atoms with E-state index in [9.17, 15) is 4.79 Å². The highest BCUT2D eigenvalue weighted by molar-refractivity contribution is 7.13. The van der Waals surface area contributed by atoms with E-state index >= 15 is 0 Å². The number of primary amides is 1. The second kappa shape index (κ2) is 5.30. The largest absolute Gasteiger partial charge is 0.395 e. The summed E-state index contributed by atoms with van der Waals surface area (Å²) in [5.74, 6) is -0.684. The Bertz CT molecular complexity index is 374. The number of hydrogen-bond acceptors (Lipinski definition) is 6. The predicted molar refractivity (Wildman–Crippen MR) is 58.5 cm³/mol. The van der Waals surface area contributed by atoms with Crippen molar-refractivity contribution in [3.63, 3.8) is 0 Å². The summed E-state index contributed by atoms with van der Waals surface area (Å²) in [4.78, 5) is 19.8. The van der Waals surface area contributed by atoms with E-state index in [1.807, 2.05) is 6.92 Å². The average molecular weight is 228 g/mol. The number of hydrogen-bond donors (Lipinski definition) is 2. The van der Waals surface area contributed by atoms with E-state index in [4.69, 9.17) is 16.3 Å². The quantitative estimate of drug-likeness (QED) is 0.431. The minimum atomic E-state index is -0.684. The molecule has 0 saturated carbocycles. The maximum atomic E-state index is 11.0. The summed E-state index contributed by atoms with van der Waals surface area (Å²) < 4.78 is 0. The van der Waals surface area contributed by atoms with Crippen LogP contribution in [0.25, 0.3) is 0 Å². The molecule has 1 amide bonds. The van der Waals surface area contributed by atoms with Crippen LogP contribution < -0.4 is 11.5 Å². The molecule has 0 aliphatic heterocycles. The van der Waals surface area contributed by atoms with Crippen LogP contribution in [0.15, 0.2) is 10.5 Å². The van der Waals surface area contributed by atoms with E-state index in [2.05, 4.69) is 10.1 Å². The van der Waals surface area contributed by atoms with Crippen LogP contribution in [0, 0.1) is 0 Å². The molecule has 4 N–H and O–H groups in total. The minimum Gasteiger partial charge on any atom is -0.395 e. The van der Waals surface area contributed by atoms with E-state index in [1.54, 1.807) is 5.38 Å². The summed E-state index contributed by atoms with van der Waals surface area (Å²) >= 11 is 1.21. The zero-order chi connectivity index (χ0) is 11.3. The molecule has 1 heterocycles. The topological polar surface area (TPSA) is 104 Å². The van der Waals surface area contributed by atoms with E-state index in [0.717, 1.165) is 6.42 Å². The van der Waals surface area contributed by atoms with Crippen LogP contribution in [-0.4, -0.2) is 23.2 Å². The molecular formula is C8H12N4O2S. The molecule has 0 saturated heterocycles. The first-order valence-corrected chi connectivity index (χ1v) is 5.24. The highest BCUT2D eigenvalue weighted by Crippen LogP contribution is 2.12. The number of carbonyl (C=O) groups is 1. The first-order chi connectivity index (χ1) is 7.15. The minimum absolute atomic E-state index is 0.00333. The van der Waals surface area contributed by atoms with Crippen molar-refractivity contribution in [1.29, 1.82) is 0 Å². The summed E-state index contributed by atoms with van der Waals surface area (Å²) in [6.07, 6.45) is 0.800. The van der Waals surface area contributed by atoms with Gasteiger partial charge in [-0.25, -0.2) is 4.98 Å². The molecule has 0 unspecified atom stereocenters. The number of nitrogen functional groups attached to an aromatic ring is 1. The highest BCUT2D eigenvalue weighted by atomic mass is 32.1. The Hall–Kier alpha value is -1.63. The third kappa shape index (κ3) is 3.21. The van der Waals surface area contributed by atoms with Crippen molar-refractivity contribution >= 4 is 28.1 Å². The lowest BCUT2D eigenvalue weighted by molar-refractivity contribution is -0.112. The zero-order valence-corrected chi connectivity index (χ0v) is 9.08. The second-order valence-corrected chi connectivity index (χ2v) is 3.60. The fourth-order valence-corrected chi connectivity index (χ4v) is 1.36. The monoisotopic (exact) mass is 228 g/mol. The maximum Gasteiger partial charge on any atom is 0.273 e. The van der Waals surface area contributed by atoms with Gasteiger partial charge in [0.2, 0.25) is 0 Å². The number of carbonyl (C=O) groups excluding carboxylic acids is 1. The highest BCUT2D eigenvalue weighted by Gasteiger charge is 2.14. The number of aromatic nitrogens is 1. The molecule has 82 valence electrons. The molecule has 0 spiro atoms. The van der Waals surface area contributed by atoms with Crippen LogP contribution in [0.2, 0.25) is 0 Å². The molecule has 0 aromatic carbocycles. The van der Waals surface area contributed by atoms with E-state index in [-0.39, 0.29) is 5.71 Å². The standard InChI is InChI=1S/C8H12N4O2S/c1-2-3-14-12-6(7(9)13)5-4-15-8(10)11-5/h4H,2-3H2,1H3,(H2,9,13)(H2,10,11)/b12-6-. The third-order valence-corrected chi connectivity index (χ3v) is 2.12. The van der Waals surface area contributed by atoms with E-state index < -0.39 is 5.91 Å². The Morgan fingerprint density at radius 2 is 2.47 bits per heavy atom. The molecule has 1 aromatic heterocycles. The summed E-state index contributed by atoms with van der Waals surface area (Å²) in [5, 5.41) is 5.59. The van der Waals surface area contributed by atoms with Crippen LogP contribution in [0.5, 0.6) is 0 Å². The van der Waals surface area contributed by atoms with Crippen molar-refractivity contribution in [2.24, 2.45) is 10.9 Å². The number of thiazole rings is 1. The van der Waals surface area contributed by atoms with Crippen LogP contribution in [0.3, 0.4) is 0 Å². The number of oxime groups is 1. The predicted octanol–water partition coefficient (Wildman–Crippen LogP) is 0.341. The fourth-order valence-electron chi connectivity index (χ4n) is 0.816. The van der Waals surface area contributed by atoms with Gasteiger partial charge in [-0.05, 0) is 6.42 Å². The Morgan fingerprint density at radius 1 is 1.73 bits per heavy atom. The molecular weight excluding hydrogens is 216 g/mol. The normalized spacial score (nSPS) is 11.4. The molecule has 0 bridgehead atoms. The van der Waals surface area contributed by atoms with Crippen molar-refractivity contribution in [1.82, 2.24) is 4.98 Å². The zero-order valence-electron chi connectivity index (χ0n) is 8.27. The van der Waals surface area contributed by atoms with Gasteiger partial charge in [0.1, 0.15) is 12.3 Å². The lowest BCUT2D eigenvalue weighted by atomic mass is 10.3. The average Bonchev–Trinajstić information content (AvgIpc) is 2.59. The fraction of sp³-hybridized carbons (Fsp3) is 0.375. The molecule has 0 aliphatic rings. The molecule has 15 heavy (non-hydrogen) atoms. The number of nitrogens with two attached hydrogens (primary N) is 2. The molecule has 1 rings (SSSR count). The van der Waals surface area contributed by atoms with Gasteiger partial charge in [-0.15, -0.1) is 11.3 Å². The third-order valence-electron chi connectivity index (χ3n) is 1.45. The van der Waals surface area contributed by atoms with Gasteiger partial charge >= 0.3 is 0 Å². The molecule has 7 heteroatoms. The Balaban J connectivity index is 2.83. The molecule has 0 atom stereocenters. The van der Waals surface area contributed by atoms with Crippen LogP contribution in [0.1, 0.15) is 19.0 Å². The van der Waals surface area contributed by atoms with Gasteiger partial charge < -0.3 is 16.3 Å². The molecule has 0 fully saturated rings. The maximum absolute atomic E-state index is 11.0. The molecule has 1 aromatic rings. The van der Waals surface area contributed by atoms with Gasteiger partial charge in [0.05, 0.1) is 0 Å². The van der Waals surface area contributed by atoms with Crippen molar-refractivity contribution in [3.8, 4) is 0 Å². The van der Waals surface area contributed by atoms with Gasteiger partial charge in [0.25, 0.3) is 5.91 Å². The van der Waals surface area contributed by atoms with Crippen LogP contribution in [-0.2, 0) is 9.63 Å². The molecule has 0 radical (unpaired) electrons. The first kappa shape index (κ1) is 11.4. The van der Waals surface area contributed by atoms with E-state index in [0.29, 0.717) is 17.4 Å². The van der Waals surface area contributed by atoms with Gasteiger partial charge in [-0.1, -0.05) is 12.1 Å². The Kier molecular flexibility index (Phi) is 4.04. The summed E-state index contributed by atoms with van der Waals surface area (Å²) in [7, 11) is 0. The van der Waals surface area contributed by atoms with Crippen LogP contribution in [0.4, 0.5) is 5.13 Å². The number of anilines is 1. The number of nitrogens with zero attached hydrogens (tertiary/aromatic N) is 2. The van der Waals surface area contributed by atoms with Gasteiger partial charge in [-0.2, -0.15) is 0 Å². The molecule has 0 aliphatic carbocycles. The van der Waals surface area contributed by atoms with Gasteiger partial charge in [0.15, 0.2) is 10.8 Å². The SMILES string of the molecule is CCCO/N=C(\C(N)=O)c1csc(N)n1. The summed E-state index contributed by atoms with van der Waals surface area (Å²) in [6.45, 7) is 2.36. The summed E-state index contributed by atoms with van der Waals surface area (Å²) in [5.41, 5.74) is 10.9. The van der Waals surface area contributed by atoms with Crippen molar-refractivity contribution < 1.29 is 9.63 Å². The van der Waals surface area contributed by atoms with Crippen molar-refractivity contribution in [2.75, 3.05) is 12.3 Å². The summed E-state index contributed by atoms with van der Waals surface area (Å²) in [6, 6.07) is 0. The Morgan fingerprint density at radius 3 is 2.93 bits per heavy atom. The smallest absolute Gasteiger partial charge is 0.273 e. The van der Waals surface area contributed by atoms with Gasteiger partial charge in [0, 0.05) is 5.38 Å². The van der Waals surface area contributed by atoms with Crippen molar-refractivity contribution in [3.05, 3.63) is 11.1 Å². The van der Waals surface area contributed by atoms with Crippen LogP contribution >= 0.6 is 11.3 Å². The van der Waals surface area contributed by atoms with Gasteiger partial charge in [-0.3, -0.25) is 4.79 Å². The molecule has 6 nitrogen and oxygen atoms in total. The van der Waals surface area contributed by atoms with E-state index in [1.165, 1.54) is 11.3 Å². The second-order valence-electron chi connectivity index (χ2n) is 2.71. The number of rotatable bonds is 5. The Labute approximate surface area is 90.9 Å². The lowest BCUT2D eigenvalue weighted by Crippen LogP contribution is -2.25. The first-order valence-electron chi connectivity index (χ1n) is 4.36. The lowest BCUT2D eigenvalue weighted by Gasteiger charge is -1.98. The van der Waals surface area contributed by atoms with Crippen molar-refractivity contribution in [2.45, 2.75) is 13.3 Å². The number of amides is 1.